The lowest BCUT2D eigenvalue weighted by Crippen LogP contribution is -2.11. The molecule has 2 rings (SSSR count). The van der Waals surface area contributed by atoms with Gasteiger partial charge in [0.15, 0.2) is 0 Å². The molecule has 0 radical (unpaired) electrons. The molecule has 21 heavy (non-hydrogen) atoms. The Morgan fingerprint density at radius 2 is 2.00 bits per heavy atom. The van der Waals surface area contributed by atoms with E-state index in [2.05, 4.69) is 24.2 Å². The summed E-state index contributed by atoms with van der Waals surface area (Å²) in [6.45, 7) is 6.07. The molecule has 0 aliphatic heterocycles. The fraction of sp³-hybridized carbons (Fsp3) is 0.467. The van der Waals surface area contributed by atoms with Crippen LogP contribution in [0.2, 0.25) is 5.02 Å². The molecule has 2 aromatic rings. The second-order valence-electron chi connectivity index (χ2n) is 5.16. The number of rotatable bonds is 7. The zero-order valence-electron chi connectivity index (χ0n) is 12.4. The topological polar surface area (TPSA) is 66.0 Å². The molecular weight excluding hydrogens is 288 g/mol. The minimum absolute atomic E-state index is 0.357. The quantitative estimate of drug-likeness (QED) is 0.799. The molecule has 0 bridgehead atoms. The van der Waals surface area contributed by atoms with E-state index < -0.39 is 0 Å². The maximum atomic E-state index is 5.83. The van der Waals surface area contributed by atoms with E-state index in [9.17, 15) is 0 Å². The first-order chi connectivity index (χ1) is 10.1. The van der Waals surface area contributed by atoms with Crippen molar-refractivity contribution >= 4 is 11.6 Å². The predicted octanol–water partition coefficient (Wildman–Crippen LogP) is 2.98. The lowest BCUT2D eigenvalue weighted by molar-refractivity contribution is 0.296. The average Bonchev–Trinajstić information content (AvgIpc) is 2.88. The zero-order valence-corrected chi connectivity index (χ0v) is 13.2. The van der Waals surface area contributed by atoms with Crippen molar-refractivity contribution in [3.05, 3.63) is 40.7 Å². The minimum atomic E-state index is 0.357. The second kappa shape index (κ2) is 7.43. The van der Waals surface area contributed by atoms with Crippen LogP contribution in [0, 0.1) is 0 Å². The monoisotopic (exact) mass is 308 g/mol. The lowest BCUT2D eigenvalue weighted by Gasteiger charge is -2.11. The fourth-order valence-electron chi connectivity index (χ4n) is 2.23. The number of hydrogen-bond acceptors (Lipinski definition) is 4. The summed E-state index contributed by atoms with van der Waals surface area (Å²) in [6, 6.07) is 7.37. The first-order valence-electron chi connectivity index (χ1n) is 7.12. The number of hydrogen-bond donors (Lipinski definition) is 1. The van der Waals surface area contributed by atoms with Gasteiger partial charge in [0.25, 0.3) is 0 Å². The molecule has 6 heteroatoms. The van der Waals surface area contributed by atoms with Gasteiger partial charge in [0.1, 0.15) is 5.75 Å². The third kappa shape index (κ3) is 4.19. The van der Waals surface area contributed by atoms with Gasteiger partial charge in [-0.2, -0.15) is 0 Å². The Hall–Kier alpha value is -1.59. The summed E-state index contributed by atoms with van der Waals surface area (Å²) in [7, 11) is 0. The molecule has 1 aromatic heterocycles. The molecule has 114 valence electrons. The van der Waals surface area contributed by atoms with Gasteiger partial charge < -0.3 is 10.5 Å². The normalized spacial score (nSPS) is 11.1. The highest BCUT2D eigenvalue weighted by Gasteiger charge is 2.14. The molecule has 1 heterocycles. The van der Waals surface area contributed by atoms with Crippen molar-refractivity contribution in [1.29, 1.82) is 0 Å². The summed E-state index contributed by atoms with van der Waals surface area (Å²) in [5, 5.41) is 9.02. The van der Waals surface area contributed by atoms with Crippen molar-refractivity contribution in [2.75, 3.05) is 6.61 Å². The van der Waals surface area contributed by atoms with Gasteiger partial charge >= 0.3 is 0 Å². The molecule has 0 saturated heterocycles. The van der Waals surface area contributed by atoms with Gasteiger partial charge in [0.2, 0.25) is 0 Å². The highest BCUT2D eigenvalue weighted by atomic mass is 35.5. The van der Waals surface area contributed by atoms with Crippen molar-refractivity contribution < 1.29 is 4.74 Å². The summed E-state index contributed by atoms with van der Waals surface area (Å²) in [5.74, 6) is 1.18. The molecule has 0 saturated carbocycles. The molecule has 1 aromatic carbocycles. The largest absolute Gasteiger partial charge is 0.494 e. The van der Waals surface area contributed by atoms with Crippen LogP contribution in [0.3, 0.4) is 0 Å². The van der Waals surface area contributed by atoms with E-state index in [1.54, 1.807) is 0 Å². The van der Waals surface area contributed by atoms with E-state index in [0.29, 0.717) is 24.1 Å². The maximum Gasteiger partial charge on any atom is 0.119 e. The third-order valence-corrected chi connectivity index (χ3v) is 3.44. The second-order valence-corrected chi connectivity index (χ2v) is 5.60. The third-order valence-electron chi connectivity index (χ3n) is 3.18. The molecule has 0 aliphatic rings. The van der Waals surface area contributed by atoms with E-state index >= 15 is 0 Å². The number of benzene rings is 1. The van der Waals surface area contributed by atoms with Gasteiger partial charge in [-0.25, -0.2) is 4.68 Å². The van der Waals surface area contributed by atoms with Crippen LogP contribution < -0.4 is 10.5 Å². The van der Waals surface area contributed by atoms with Crippen molar-refractivity contribution in [1.82, 2.24) is 15.0 Å². The Morgan fingerprint density at radius 3 is 2.62 bits per heavy atom. The van der Waals surface area contributed by atoms with E-state index in [4.69, 9.17) is 22.1 Å². The SMILES string of the molecule is CC(C)c1c(CN)nnn1CCCOc1ccc(Cl)cc1. The standard InChI is InChI=1S/C15H21ClN4O/c1-11(2)15-14(10-17)18-19-20(15)8-3-9-21-13-6-4-12(16)5-7-13/h4-7,11H,3,8-10,17H2,1-2H3. The first-order valence-corrected chi connectivity index (χ1v) is 7.50. The fourth-order valence-corrected chi connectivity index (χ4v) is 2.36. The Morgan fingerprint density at radius 1 is 1.29 bits per heavy atom. The van der Waals surface area contributed by atoms with Crippen LogP contribution in [0.5, 0.6) is 5.75 Å². The number of aryl methyl sites for hydroxylation is 1. The molecule has 0 unspecified atom stereocenters. The van der Waals surface area contributed by atoms with E-state index in [1.807, 2.05) is 28.9 Å². The number of aromatic nitrogens is 3. The van der Waals surface area contributed by atoms with Crippen LogP contribution in [-0.2, 0) is 13.1 Å². The molecule has 2 N–H and O–H groups in total. The van der Waals surface area contributed by atoms with Crippen LogP contribution in [0.15, 0.2) is 24.3 Å². The van der Waals surface area contributed by atoms with Crippen molar-refractivity contribution in [2.24, 2.45) is 5.73 Å². The Bertz CT molecular complexity index is 566. The molecule has 5 nitrogen and oxygen atoms in total. The number of nitrogens with two attached hydrogens (primary N) is 1. The smallest absolute Gasteiger partial charge is 0.119 e. The molecule has 0 fully saturated rings. The summed E-state index contributed by atoms with van der Waals surface area (Å²) in [4.78, 5) is 0. The van der Waals surface area contributed by atoms with Crippen molar-refractivity contribution in [3.8, 4) is 5.75 Å². The Labute approximate surface area is 130 Å². The molecule has 0 aliphatic carbocycles. The van der Waals surface area contributed by atoms with Gasteiger partial charge in [-0.3, -0.25) is 0 Å². The molecule has 0 atom stereocenters. The lowest BCUT2D eigenvalue weighted by atomic mass is 10.1. The first kappa shape index (κ1) is 15.8. The predicted molar refractivity (Wildman–Crippen MR) is 83.6 cm³/mol. The van der Waals surface area contributed by atoms with Gasteiger partial charge in [-0.15, -0.1) is 5.10 Å². The molecular formula is C15H21ClN4O. The maximum absolute atomic E-state index is 5.83. The number of halogens is 1. The number of ether oxygens (including phenoxy) is 1. The van der Waals surface area contributed by atoms with Gasteiger partial charge in [-0.05, 0) is 30.2 Å². The van der Waals surface area contributed by atoms with Crippen molar-refractivity contribution in [3.63, 3.8) is 0 Å². The zero-order chi connectivity index (χ0) is 15.2. The average molecular weight is 309 g/mol. The van der Waals surface area contributed by atoms with E-state index in [-0.39, 0.29) is 0 Å². The van der Waals surface area contributed by atoms with Crippen LogP contribution in [0.1, 0.15) is 37.6 Å². The highest BCUT2D eigenvalue weighted by molar-refractivity contribution is 6.30. The highest BCUT2D eigenvalue weighted by Crippen LogP contribution is 2.18. The summed E-state index contributed by atoms with van der Waals surface area (Å²) < 4.78 is 7.60. The Balaban J connectivity index is 1.86. The summed E-state index contributed by atoms with van der Waals surface area (Å²) in [5.41, 5.74) is 7.69. The van der Waals surface area contributed by atoms with Gasteiger partial charge in [-0.1, -0.05) is 30.7 Å². The van der Waals surface area contributed by atoms with Crippen LogP contribution in [0.4, 0.5) is 0 Å². The van der Waals surface area contributed by atoms with Crippen LogP contribution in [-0.4, -0.2) is 21.6 Å². The Kier molecular flexibility index (Phi) is 5.59. The molecule has 0 amide bonds. The summed E-state index contributed by atoms with van der Waals surface area (Å²) >= 11 is 5.83. The van der Waals surface area contributed by atoms with Gasteiger partial charge in [0.05, 0.1) is 18.0 Å². The molecule has 0 spiro atoms. The number of nitrogens with zero attached hydrogens (tertiary/aromatic N) is 3. The van der Waals surface area contributed by atoms with Crippen LogP contribution >= 0.6 is 11.6 Å². The van der Waals surface area contributed by atoms with E-state index in [0.717, 1.165) is 30.1 Å². The van der Waals surface area contributed by atoms with Crippen molar-refractivity contribution in [2.45, 2.75) is 39.3 Å². The minimum Gasteiger partial charge on any atom is -0.494 e. The van der Waals surface area contributed by atoms with Crippen LogP contribution in [0.25, 0.3) is 0 Å². The van der Waals surface area contributed by atoms with Gasteiger partial charge in [0, 0.05) is 24.5 Å². The summed E-state index contributed by atoms with van der Waals surface area (Å²) in [6.07, 6.45) is 0.857. The van der Waals surface area contributed by atoms with E-state index in [1.165, 1.54) is 0 Å².